The van der Waals surface area contributed by atoms with Gasteiger partial charge >= 0.3 is 0 Å². The van der Waals surface area contributed by atoms with Crippen LogP contribution in [0.25, 0.3) is 0 Å². The number of halogens is 1. The Kier molecular flexibility index (Phi) is 5.08. The highest BCUT2D eigenvalue weighted by Crippen LogP contribution is 2.21. The Hall–Kier alpha value is 0.200. The van der Waals surface area contributed by atoms with Crippen LogP contribution < -0.4 is 0 Å². The first-order chi connectivity index (χ1) is 7.33. The minimum atomic E-state index is -2.90. The van der Waals surface area contributed by atoms with Gasteiger partial charge in [0.25, 0.3) is 0 Å². The van der Waals surface area contributed by atoms with E-state index in [4.69, 9.17) is 11.6 Å². The van der Waals surface area contributed by atoms with Crippen molar-refractivity contribution in [2.24, 2.45) is 5.92 Å². The number of rotatable bonds is 4. The van der Waals surface area contributed by atoms with Gasteiger partial charge in [-0.1, -0.05) is 6.92 Å². The molecular weight excluding hydrogens is 246 g/mol. The molecule has 0 amide bonds. The van der Waals surface area contributed by atoms with Gasteiger partial charge in [-0.15, -0.1) is 11.6 Å². The molecule has 0 N–H and O–H groups in total. The lowest BCUT2D eigenvalue weighted by Crippen LogP contribution is -2.42. The van der Waals surface area contributed by atoms with E-state index in [1.807, 2.05) is 0 Å². The summed E-state index contributed by atoms with van der Waals surface area (Å²) in [7, 11) is -2.90. The maximum absolute atomic E-state index is 11.7. The van der Waals surface area contributed by atoms with Crippen LogP contribution in [0.2, 0.25) is 0 Å². The monoisotopic (exact) mass is 267 g/mol. The summed E-state index contributed by atoms with van der Waals surface area (Å²) in [6.07, 6.45) is 0.963. The summed E-state index contributed by atoms with van der Waals surface area (Å²) in [5.74, 6) is 0.724. The van der Waals surface area contributed by atoms with E-state index < -0.39 is 9.84 Å². The van der Waals surface area contributed by atoms with Crippen molar-refractivity contribution in [3.63, 3.8) is 0 Å². The van der Waals surface area contributed by atoms with E-state index in [0.29, 0.717) is 12.5 Å². The molecule has 0 radical (unpaired) electrons. The smallest absolute Gasteiger partial charge is 0.153 e. The largest absolute Gasteiger partial charge is 0.302 e. The van der Waals surface area contributed by atoms with Crippen LogP contribution in [0.4, 0.5) is 0 Å². The molecule has 1 fully saturated rings. The van der Waals surface area contributed by atoms with Crippen LogP contribution in [0.5, 0.6) is 0 Å². The molecule has 1 saturated heterocycles. The number of hydrogen-bond donors (Lipinski definition) is 0. The zero-order valence-electron chi connectivity index (χ0n) is 10.3. The third-order valence-corrected chi connectivity index (χ3v) is 6.13. The van der Waals surface area contributed by atoms with Gasteiger partial charge in [0.2, 0.25) is 0 Å². The number of nitrogens with zero attached hydrogens (tertiary/aromatic N) is 1. The molecule has 0 saturated carbocycles. The Labute approximate surface area is 104 Å². The van der Waals surface area contributed by atoms with Gasteiger partial charge in [-0.05, 0) is 32.7 Å². The fourth-order valence-corrected chi connectivity index (χ4v) is 3.06. The summed E-state index contributed by atoms with van der Waals surface area (Å²) < 4.78 is 23.3. The SMILES string of the molecule is CC1CN(CCS(=O)(=O)C(C)C)CCC1Cl. The highest BCUT2D eigenvalue weighted by Gasteiger charge is 2.25. The Morgan fingerprint density at radius 2 is 2.06 bits per heavy atom. The van der Waals surface area contributed by atoms with Crippen LogP contribution in [-0.2, 0) is 9.84 Å². The van der Waals surface area contributed by atoms with Crippen molar-refractivity contribution in [2.45, 2.75) is 37.8 Å². The van der Waals surface area contributed by atoms with Gasteiger partial charge in [0.1, 0.15) is 0 Å². The normalized spacial score (nSPS) is 28.6. The number of likely N-dealkylation sites (tertiary alicyclic amines) is 1. The van der Waals surface area contributed by atoms with Crippen molar-refractivity contribution in [1.29, 1.82) is 0 Å². The molecule has 3 nitrogen and oxygen atoms in total. The molecule has 1 aliphatic rings. The molecule has 0 spiro atoms. The van der Waals surface area contributed by atoms with Crippen molar-refractivity contribution in [2.75, 3.05) is 25.4 Å². The Morgan fingerprint density at radius 1 is 1.44 bits per heavy atom. The molecule has 0 aliphatic carbocycles. The summed E-state index contributed by atoms with van der Waals surface area (Å²) in [6, 6.07) is 0. The number of piperidine rings is 1. The molecule has 2 unspecified atom stereocenters. The summed E-state index contributed by atoms with van der Waals surface area (Å²) in [5, 5.41) is -0.0200. The predicted octanol–water partition coefficient (Wildman–Crippen LogP) is 1.76. The molecule has 0 bridgehead atoms. The lowest BCUT2D eigenvalue weighted by molar-refractivity contribution is 0.197. The summed E-state index contributed by atoms with van der Waals surface area (Å²) in [4.78, 5) is 2.21. The third kappa shape index (κ3) is 3.90. The van der Waals surface area contributed by atoms with Crippen molar-refractivity contribution in [3.05, 3.63) is 0 Å². The standard InChI is InChI=1S/C11H22ClNO2S/c1-9(2)16(14,15)7-6-13-5-4-11(12)10(3)8-13/h9-11H,4-8H2,1-3H3. The van der Waals surface area contributed by atoms with Gasteiger partial charge in [0, 0.05) is 18.5 Å². The van der Waals surface area contributed by atoms with Crippen molar-refractivity contribution < 1.29 is 8.42 Å². The van der Waals surface area contributed by atoms with Gasteiger partial charge in [-0.3, -0.25) is 0 Å². The highest BCUT2D eigenvalue weighted by atomic mass is 35.5. The van der Waals surface area contributed by atoms with E-state index in [1.54, 1.807) is 13.8 Å². The second-order valence-corrected chi connectivity index (χ2v) is 8.24. The predicted molar refractivity (Wildman–Crippen MR) is 68.8 cm³/mol. The third-order valence-electron chi connectivity index (χ3n) is 3.29. The second kappa shape index (κ2) is 5.69. The summed E-state index contributed by atoms with van der Waals surface area (Å²) in [5.41, 5.74) is 0. The Bertz CT molecular complexity index is 316. The first-order valence-electron chi connectivity index (χ1n) is 5.91. The molecule has 5 heteroatoms. The van der Waals surface area contributed by atoms with Crippen LogP contribution in [0.15, 0.2) is 0 Å². The van der Waals surface area contributed by atoms with Gasteiger partial charge in [0.15, 0.2) is 9.84 Å². The van der Waals surface area contributed by atoms with Gasteiger partial charge in [0.05, 0.1) is 11.0 Å². The molecule has 1 aliphatic heterocycles. The quantitative estimate of drug-likeness (QED) is 0.729. The van der Waals surface area contributed by atoms with Crippen LogP contribution in [-0.4, -0.2) is 49.3 Å². The number of alkyl halides is 1. The summed E-state index contributed by atoms with van der Waals surface area (Å²) in [6.45, 7) is 8.09. The zero-order valence-corrected chi connectivity index (χ0v) is 11.9. The molecule has 96 valence electrons. The van der Waals surface area contributed by atoms with Crippen LogP contribution >= 0.6 is 11.6 Å². The molecule has 0 aromatic carbocycles. The first kappa shape index (κ1) is 14.3. The molecular formula is C11H22ClNO2S. The van der Waals surface area contributed by atoms with Crippen molar-refractivity contribution >= 4 is 21.4 Å². The molecule has 0 aromatic rings. The molecule has 0 aromatic heterocycles. The summed E-state index contributed by atoms with van der Waals surface area (Å²) >= 11 is 6.13. The fraction of sp³-hybridized carbons (Fsp3) is 1.00. The molecule has 1 heterocycles. The van der Waals surface area contributed by atoms with Crippen LogP contribution in [0.3, 0.4) is 0 Å². The minimum Gasteiger partial charge on any atom is -0.302 e. The van der Waals surface area contributed by atoms with Gasteiger partial charge < -0.3 is 4.90 Å². The minimum absolute atomic E-state index is 0.248. The van der Waals surface area contributed by atoms with E-state index in [2.05, 4.69) is 11.8 Å². The molecule has 16 heavy (non-hydrogen) atoms. The number of sulfone groups is 1. The van der Waals surface area contributed by atoms with Crippen molar-refractivity contribution in [3.8, 4) is 0 Å². The fourth-order valence-electron chi connectivity index (χ4n) is 1.90. The lowest BCUT2D eigenvalue weighted by atomic mass is 10.00. The molecule has 2 atom stereocenters. The van der Waals surface area contributed by atoms with Gasteiger partial charge in [-0.25, -0.2) is 8.42 Å². The topological polar surface area (TPSA) is 37.4 Å². The first-order valence-corrected chi connectivity index (χ1v) is 8.06. The maximum Gasteiger partial charge on any atom is 0.153 e. The highest BCUT2D eigenvalue weighted by molar-refractivity contribution is 7.92. The average Bonchev–Trinajstić information content (AvgIpc) is 2.20. The Balaban J connectivity index is 2.40. The van der Waals surface area contributed by atoms with E-state index in [1.165, 1.54) is 0 Å². The van der Waals surface area contributed by atoms with E-state index in [-0.39, 0.29) is 16.4 Å². The molecule has 1 rings (SSSR count). The van der Waals surface area contributed by atoms with Gasteiger partial charge in [-0.2, -0.15) is 0 Å². The van der Waals surface area contributed by atoms with E-state index in [0.717, 1.165) is 19.5 Å². The average molecular weight is 268 g/mol. The zero-order chi connectivity index (χ0) is 12.3. The Morgan fingerprint density at radius 3 is 2.56 bits per heavy atom. The van der Waals surface area contributed by atoms with Crippen LogP contribution in [0.1, 0.15) is 27.2 Å². The number of hydrogen-bond acceptors (Lipinski definition) is 3. The van der Waals surface area contributed by atoms with Crippen LogP contribution in [0, 0.1) is 5.92 Å². The maximum atomic E-state index is 11.7. The lowest BCUT2D eigenvalue weighted by Gasteiger charge is -2.34. The van der Waals surface area contributed by atoms with E-state index >= 15 is 0 Å². The van der Waals surface area contributed by atoms with E-state index in [9.17, 15) is 8.42 Å². The van der Waals surface area contributed by atoms with Crippen molar-refractivity contribution in [1.82, 2.24) is 4.90 Å². The second-order valence-electron chi connectivity index (χ2n) is 5.00.